The first-order chi connectivity index (χ1) is 19.6. The summed E-state index contributed by atoms with van der Waals surface area (Å²) in [6.07, 6.45) is 7.77. The molecule has 3 aliphatic heterocycles. The second-order valence-corrected chi connectivity index (χ2v) is 16.0. The Bertz CT molecular complexity index is 1490. The minimum Gasteiger partial charge on any atom is -0.490 e. The van der Waals surface area contributed by atoms with Gasteiger partial charge < -0.3 is 14.7 Å². The van der Waals surface area contributed by atoms with Gasteiger partial charge in [0, 0.05) is 29.1 Å². The van der Waals surface area contributed by atoms with Crippen LogP contribution in [0, 0.1) is 17.8 Å². The van der Waals surface area contributed by atoms with Crippen molar-refractivity contribution in [3.8, 4) is 5.75 Å². The quantitative estimate of drug-likeness (QED) is 0.432. The molecule has 2 aromatic rings. The van der Waals surface area contributed by atoms with Gasteiger partial charge in [0.15, 0.2) is 0 Å². The molecular weight excluding hydrogens is 560 g/mol. The van der Waals surface area contributed by atoms with Crippen LogP contribution in [0.25, 0.3) is 0 Å². The van der Waals surface area contributed by atoms with Crippen molar-refractivity contribution < 1.29 is 23.1 Å². The number of amides is 1. The maximum atomic E-state index is 13.3. The Labute approximate surface area is 247 Å². The normalized spacial score (nSPS) is 36.0. The van der Waals surface area contributed by atoms with E-state index in [4.69, 9.17) is 16.3 Å². The maximum absolute atomic E-state index is 13.3. The lowest BCUT2D eigenvalue weighted by Crippen LogP contribution is -2.58. The molecule has 1 spiro atoms. The number of benzene rings is 2. The molecule has 8 rings (SSSR count). The predicted molar refractivity (Wildman–Crippen MR) is 159 cm³/mol. The number of aliphatic hydroxyl groups is 1. The van der Waals surface area contributed by atoms with Gasteiger partial charge in [-0.25, -0.2) is 13.1 Å². The number of nitrogens with one attached hydrogen (secondary N) is 1. The van der Waals surface area contributed by atoms with Crippen LogP contribution in [0.3, 0.4) is 0 Å². The number of hydrogen-bond donors (Lipinski definition) is 2. The second kappa shape index (κ2) is 9.88. The van der Waals surface area contributed by atoms with Crippen LogP contribution in [0.1, 0.15) is 79.8 Å². The van der Waals surface area contributed by atoms with Gasteiger partial charge in [-0.15, -0.1) is 0 Å². The van der Waals surface area contributed by atoms with E-state index in [0.717, 1.165) is 75.2 Å². The Kier molecular flexibility index (Phi) is 6.64. The molecule has 7 nitrogen and oxygen atoms in total. The molecule has 3 heterocycles. The van der Waals surface area contributed by atoms with Crippen LogP contribution in [0.2, 0.25) is 5.02 Å². The van der Waals surface area contributed by atoms with Crippen molar-refractivity contribution in [2.75, 3.05) is 24.6 Å². The first kappa shape index (κ1) is 27.5. The molecular formula is C32H39ClN2O5S. The molecule has 2 fully saturated rings. The van der Waals surface area contributed by atoms with Crippen molar-refractivity contribution in [3.63, 3.8) is 0 Å². The number of halogens is 1. The Morgan fingerprint density at radius 3 is 2.71 bits per heavy atom. The van der Waals surface area contributed by atoms with Gasteiger partial charge in [0.1, 0.15) is 5.75 Å². The molecule has 2 N–H and O–H groups in total. The van der Waals surface area contributed by atoms with Crippen molar-refractivity contribution in [3.05, 3.63) is 58.1 Å². The number of sulfonamides is 1. The Morgan fingerprint density at radius 2 is 1.93 bits per heavy atom. The van der Waals surface area contributed by atoms with Gasteiger partial charge in [-0.1, -0.05) is 17.7 Å². The molecule has 6 aliphatic rings. The van der Waals surface area contributed by atoms with E-state index in [1.165, 1.54) is 11.1 Å². The van der Waals surface area contributed by atoms with E-state index in [2.05, 4.69) is 21.8 Å². The summed E-state index contributed by atoms with van der Waals surface area (Å²) >= 11 is 6.39. The lowest BCUT2D eigenvalue weighted by molar-refractivity contribution is -0.160. The van der Waals surface area contributed by atoms with E-state index in [1.807, 2.05) is 12.1 Å². The van der Waals surface area contributed by atoms with Crippen LogP contribution in [-0.4, -0.2) is 50.0 Å². The number of hydrogen-bond acceptors (Lipinski definition) is 6. The molecule has 2 saturated carbocycles. The minimum absolute atomic E-state index is 0.236. The second-order valence-electron chi connectivity index (χ2n) is 13.5. The zero-order valence-electron chi connectivity index (χ0n) is 23.6. The minimum atomic E-state index is -3.84. The van der Waals surface area contributed by atoms with Crippen LogP contribution in [-0.2, 0) is 21.9 Å². The van der Waals surface area contributed by atoms with Gasteiger partial charge in [-0.2, -0.15) is 0 Å². The number of nitrogens with zero attached hydrogens (tertiary/aromatic N) is 1. The zero-order chi connectivity index (χ0) is 28.6. The molecule has 0 radical (unpaired) electrons. The first-order valence-corrected chi connectivity index (χ1v) is 17.1. The summed E-state index contributed by atoms with van der Waals surface area (Å²) in [5, 5.41) is 11.7. The third-order valence-corrected chi connectivity index (χ3v) is 12.9. The highest BCUT2D eigenvalue weighted by Crippen LogP contribution is 2.55. The van der Waals surface area contributed by atoms with Crippen LogP contribution >= 0.6 is 11.6 Å². The predicted octanol–water partition coefficient (Wildman–Crippen LogP) is 5.22. The first-order valence-electron chi connectivity index (χ1n) is 15.1. The van der Waals surface area contributed by atoms with Gasteiger partial charge in [-0.3, -0.25) is 4.79 Å². The van der Waals surface area contributed by atoms with Crippen LogP contribution in [0.4, 0.5) is 5.69 Å². The standard InChI is InChI=1S/C32H39ClN2O5S/c1-20-4-5-21-15-32(37,16-21)27-9-6-24(27)17-35-18-31(12-2-3-22-13-25(33)8-10-26(22)31)19-40-29-11-7-23(14-28(29)35)30(36)34-41(20,38)39/h7-8,10-11,13-14,20-21,24,27,37H,2-6,9,12,15-19H2,1H3,(H,34,36)/t20-,21?,24+,27-,31+,32?/m1/s1. The van der Waals surface area contributed by atoms with Crippen molar-refractivity contribution in [2.45, 2.75) is 81.0 Å². The molecule has 9 heteroatoms. The van der Waals surface area contributed by atoms with Crippen molar-refractivity contribution in [2.24, 2.45) is 17.8 Å². The number of rotatable bonds is 0. The topological polar surface area (TPSA) is 95.9 Å². The molecule has 220 valence electrons. The van der Waals surface area contributed by atoms with E-state index in [0.29, 0.717) is 36.2 Å². The third kappa shape index (κ3) is 4.74. The smallest absolute Gasteiger partial charge is 0.264 e. The summed E-state index contributed by atoms with van der Waals surface area (Å²) < 4.78 is 35.0. The largest absolute Gasteiger partial charge is 0.490 e. The van der Waals surface area contributed by atoms with E-state index >= 15 is 0 Å². The summed E-state index contributed by atoms with van der Waals surface area (Å²) in [7, 11) is -3.84. The summed E-state index contributed by atoms with van der Waals surface area (Å²) in [5.74, 6) is 1.00. The van der Waals surface area contributed by atoms with Crippen molar-refractivity contribution in [1.82, 2.24) is 4.72 Å². The third-order valence-electron chi connectivity index (χ3n) is 10.9. The van der Waals surface area contributed by atoms with E-state index in [1.54, 1.807) is 19.1 Å². The fraction of sp³-hybridized carbons (Fsp3) is 0.594. The maximum Gasteiger partial charge on any atom is 0.264 e. The molecule has 0 saturated heterocycles. The summed E-state index contributed by atoms with van der Waals surface area (Å²) in [4.78, 5) is 15.6. The summed E-state index contributed by atoms with van der Waals surface area (Å²) in [5.41, 5.74) is 2.76. The lowest BCUT2D eigenvalue weighted by Gasteiger charge is -2.56. The van der Waals surface area contributed by atoms with Gasteiger partial charge in [-0.05, 0) is 124 Å². The van der Waals surface area contributed by atoms with E-state index in [-0.39, 0.29) is 11.3 Å². The average molecular weight is 599 g/mol. The van der Waals surface area contributed by atoms with Crippen molar-refractivity contribution >= 4 is 33.2 Å². The molecule has 41 heavy (non-hydrogen) atoms. The van der Waals surface area contributed by atoms with Crippen LogP contribution < -0.4 is 14.4 Å². The average Bonchev–Trinajstić information content (AvgIpc) is 3.04. The Balaban J connectivity index is 1.30. The summed E-state index contributed by atoms with van der Waals surface area (Å²) in [6.45, 7) is 3.66. The SMILES string of the molecule is C[C@@H]1CCC2CC(O)(C2)[C@@H]2CC[C@H]2CN2C[C@@]3(CCCc4cc(Cl)ccc43)COc3ccc(cc32)C(=O)NS1(=O)=O. The molecule has 3 aliphatic carbocycles. The monoisotopic (exact) mass is 598 g/mol. The fourth-order valence-corrected chi connectivity index (χ4v) is 9.61. The molecule has 2 aromatic carbocycles. The highest BCUT2D eigenvalue weighted by atomic mass is 35.5. The molecule has 0 unspecified atom stereocenters. The zero-order valence-corrected chi connectivity index (χ0v) is 25.1. The molecule has 0 aromatic heterocycles. The van der Waals surface area contributed by atoms with Crippen LogP contribution in [0.15, 0.2) is 36.4 Å². The van der Waals surface area contributed by atoms with E-state index < -0.39 is 26.8 Å². The molecule has 4 bridgehead atoms. The van der Waals surface area contributed by atoms with Crippen LogP contribution in [0.5, 0.6) is 5.75 Å². The van der Waals surface area contributed by atoms with E-state index in [9.17, 15) is 18.3 Å². The Morgan fingerprint density at radius 1 is 1.10 bits per heavy atom. The number of fused-ring (bicyclic) bond motifs is 7. The van der Waals surface area contributed by atoms with Gasteiger partial charge in [0.25, 0.3) is 5.91 Å². The highest BCUT2D eigenvalue weighted by molar-refractivity contribution is 7.90. The number of aryl methyl sites for hydroxylation is 1. The van der Waals surface area contributed by atoms with Crippen molar-refractivity contribution in [1.29, 1.82) is 0 Å². The number of carbonyl (C=O) groups excluding carboxylic acids is 1. The Hall–Kier alpha value is -2.29. The number of ether oxygens (including phenoxy) is 1. The lowest BCUT2D eigenvalue weighted by atomic mass is 9.54. The molecule has 4 atom stereocenters. The fourth-order valence-electron chi connectivity index (χ4n) is 8.39. The number of anilines is 1. The number of carbonyl (C=O) groups is 1. The van der Waals surface area contributed by atoms with Gasteiger partial charge in [0.2, 0.25) is 10.0 Å². The van der Waals surface area contributed by atoms with Gasteiger partial charge in [0.05, 0.1) is 23.1 Å². The highest BCUT2D eigenvalue weighted by Gasteiger charge is 2.54. The molecule has 1 amide bonds. The summed E-state index contributed by atoms with van der Waals surface area (Å²) in [6, 6.07) is 11.5. The van der Waals surface area contributed by atoms with Gasteiger partial charge >= 0.3 is 0 Å².